The van der Waals surface area contributed by atoms with Gasteiger partial charge in [-0.25, -0.2) is 4.68 Å². The van der Waals surface area contributed by atoms with Gasteiger partial charge >= 0.3 is 0 Å². The van der Waals surface area contributed by atoms with Gasteiger partial charge in [0.25, 0.3) is 0 Å². The van der Waals surface area contributed by atoms with Crippen molar-refractivity contribution < 1.29 is 4.79 Å². The molecule has 3 aromatic rings. The van der Waals surface area contributed by atoms with E-state index >= 15 is 0 Å². The largest absolute Gasteiger partial charge is 0.355 e. The summed E-state index contributed by atoms with van der Waals surface area (Å²) in [4.78, 5) is 18.6. The molecule has 0 atom stereocenters. The Morgan fingerprint density at radius 3 is 2.53 bits per heavy atom. The molecular weight excluding hydrogens is 378 g/mol. The van der Waals surface area contributed by atoms with Crippen LogP contribution < -0.4 is 10.2 Å². The molecule has 8 heteroatoms. The van der Waals surface area contributed by atoms with E-state index < -0.39 is 0 Å². The Kier molecular flexibility index (Phi) is 6.02. The Morgan fingerprint density at radius 2 is 1.83 bits per heavy atom. The van der Waals surface area contributed by atoms with Crippen LogP contribution in [0, 0.1) is 13.8 Å². The topological polar surface area (TPSA) is 88.8 Å². The molecule has 4 heterocycles. The number of hydrogen-bond acceptors (Lipinski definition) is 6. The van der Waals surface area contributed by atoms with E-state index in [1.807, 2.05) is 36.7 Å². The molecule has 0 aromatic carbocycles. The van der Waals surface area contributed by atoms with Crippen LogP contribution in [0.3, 0.4) is 0 Å². The lowest BCUT2D eigenvalue weighted by Crippen LogP contribution is -2.30. The van der Waals surface area contributed by atoms with Crippen LogP contribution in [0.25, 0.3) is 5.82 Å². The van der Waals surface area contributed by atoms with Crippen molar-refractivity contribution in [2.24, 2.45) is 0 Å². The maximum Gasteiger partial charge on any atom is 0.224 e. The number of nitrogens with zero attached hydrogens (tertiary/aromatic N) is 6. The van der Waals surface area contributed by atoms with Crippen molar-refractivity contribution in [1.82, 2.24) is 25.0 Å². The molecule has 1 N–H and O–H groups in total. The number of anilines is 2. The fourth-order valence-corrected chi connectivity index (χ4v) is 3.88. The number of carbonyl (C=O) groups excluding carboxylic acids is 1. The number of piperidine rings is 1. The molecule has 156 valence electrons. The SMILES string of the molecule is Cc1nn(-c2ccc(N3CCCCC3)nn2)c(C)c1CCC(=O)Nc1cccnc1. The number of pyridine rings is 1. The number of aryl methyl sites for hydroxylation is 1. The van der Waals surface area contributed by atoms with Crippen LogP contribution in [-0.2, 0) is 11.2 Å². The highest BCUT2D eigenvalue weighted by Gasteiger charge is 2.17. The van der Waals surface area contributed by atoms with Gasteiger partial charge in [0.2, 0.25) is 5.91 Å². The van der Waals surface area contributed by atoms with E-state index in [0.29, 0.717) is 24.3 Å². The predicted octanol–water partition coefficient (Wildman–Crippen LogP) is 3.24. The first-order valence-electron chi connectivity index (χ1n) is 10.5. The van der Waals surface area contributed by atoms with Gasteiger partial charge < -0.3 is 10.2 Å². The Bertz CT molecular complexity index is 992. The predicted molar refractivity (Wildman–Crippen MR) is 116 cm³/mol. The van der Waals surface area contributed by atoms with E-state index in [0.717, 1.165) is 35.9 Å². The minimum atomic E-state index is -0.0415. The monoisotopic (exact) mass is 405 g/mol. The molecule has 1 amide bonds. The molecule has 4 rings (SSSR count). The molecule has 3 aromatic heterocycles. The molecule has 8 nitrogen and oxygen atoms in total. The van der Waals surface area contributed by atoms with Crippen molar-refractivity contribution >= 4 is 17.4 Å². The number of rotatable bonds is 6. The standard InChI is InChI=1S/C22H27N7O/c1-16-19(8-11-22(30)24-18-7-6-12-23-15-18)17(2)29(27-16)21-10-9-20(25-26-21)28-13-4-3-5-14-28/h6-7,9-10,12,15H,3-5,8,11,13-14H2,1-2H3,(H,24,30). The van der Waals surface area contributed by atoms with E-state index in [9.17, 15) is 4.79 Å². The second-order valence-electron chi connectivity index (χ2n) is 7.65. The summed E-state index contributed by atoms with van der Waals surface area (Å²) >= 11 is 0. The Balaban J connectivity index is 1.43. The Hall–Kier alpha value is -3.29. The normalized spacial score (nSPS) is 14.0. The van der Waals surface area contributed by atoms with Crippen LogP contribution in [-0.4, -0.2) is 44.0 Å². The molecule has 0 bridgehead atoms. The lowest BCUT2D eigenvalue weighted by molar-refractivity contribution is -0.116. The first-order valence-corrected chi connectivity index (χ1v) is 10.5. The average molecular weight is 406 g/mol. The van der Waals surface area contributed by atoms with Crippen molar-refractivity contribution in [2.75, 3.05) is 23.3 Å². The number of hydrogen-bond donors (Lipinski definition) is 1. The van der Waals surface area contributed by atoms with Crippen LogP contribution in [0.1, 0.15) is 42.6 Å². The van der Waals surface area contributed by atoms with E-state index in [-0.39, 0.29) is 5.91 Å². The van der Waals surface area contributed by atoms with Gasteiger partial charge in [0.15, 0.2) is 11.6 Å². The van der Waals surface area contributed by atoms with Crippen LogP contribution in [0.2, 0.25) is 0 Å². The second kappa shape index (κ2) is 9.02. The van der Waals surface area contributed by atoms with Crippen LogP contribution in [0.15, 0.2) is 36.7 Å². The molecule has 0 saturated carbocycles. The van der Waals surface area contributed by atoms with E-state index in [4.69, 9.17) is 0 Å². The summed E-state index contributed by atoms with van der Waals surface area (Å²) in [6.07, 6.45) is 8.01. The molecule has 30 heavy (non-hydrogen) atoms. The molecule has 1 aliphatic heterocycles. The molecular formula is C22H27N7O. The number of aromatic nitrogens is 5. The van der Waals surface area contributed by atoms with Crippen molar-refractivity contribution in [2.45, 2.75) is 46.0 Å². The van der Waals surface area contributed by atoms with Crippen molar-refractivity contribution in [3.8, 4) is 5.82 Å². The highest BCUT2D eigenvalue weighted by Crippen LogP contribution is 2.21. The lowest BCUT2D eigenvalue weighted by Gasteiger charge is -2.27. The Labute approximate surface area is 176 Å². The van der Waals surface area contributed by atoms with Gasteiger partial charge in [-0.15, -0.1) is 10.2 Å². The van der Waals surface area contributed by atoms with Gasteiger partial charge in [-0.3, -0.25) is 9.78 Å². The molecule has 1 aliphatic rings. The molecule has 1 fully saturated rings. The first-order chi connectivity index (χ1) is 14.6. The maximum atomic E-state index is 12.3. The van der Waals surface area contributed by atoms with E-state index in [1.54, 1.807) is 18.5 Å². The Morgan fingerprint density at radius 1 is 1.07 bits per heavy atom. The van der Waals surface area contributed by atoms with Crippen molar-refractivity contribution in [3.63, 3.8) is 0 Å². The molecule has 1 saturated heterocycles. The van der Waals surface area contributed by atoms with Crippen molar-refractivity contribution in [3.05, 3.63) is 53.6 Å². The minimum Gasteiger partial charge on any atom is -0.355 e. The third-order valence-electron chi connectivity index (χ3n) is 5.52. The summed E-state index contributed by atoms with van der Waals surface area (Å²) in [5, 5.41) is 16.4. The first kappa shape index (κ1) is 20.0. The van der Waals surface area contributed by atoms with Gasteiger partial charge in [0, 0.05) is 31.4 Å². The van der Waals surface area contributed by atoms with Gasteiger partial charge in [0.05, 0.1) is 17.6 Å². The molecule has 0 aliphatic carbocycles. The van der Waals surface area contributed by atoms with Crippen LogP contribution in [0.5, 0.6) is 0 Å². The highest BCUT2D eigenvalue weighted by atomic mass is 16.1. The number of nitrogens with one attached hydrogen (secondary N) is 1. The third kappa shape index (κ3) is 4.48. The summed E-state index contributed by atoms with van der Waals surface area (Å²) in [5.41, 5.74) is 3.67. The fraction of sp³-hybridized carbons (Fsp3) is 0.409. The molecule has 0 unspecified atom stereocenters. The van der Waals surface area contributed by atoms with Crippen LogP contribution in [0.4, 0.5) is 11.5 Å². The zero-order valence-corrected chi connectivity index (χ0v) is 17.5. The summed E-state index contributed by atoms with van der Waals surface area (Å²) in [5.74, 6) is 1.58. The summed E-state index contributed by atoms with van der Waals surface area (Å²) < 4.78 is 1.82. The van der Waals surface area contributed by atoms with Crippen LogP contribution >= 0.6 is 0 Å². The zero-order valence-electron chi connectivity index (χ0n) is 17.5. The number of carbonyl (C=O) groups is 1. The molecule has 0 radical (unpaired) electrons. The number of amides is 1. The van der Waals surface area contributed by atoms with Gasteiger partial charge in [-0.2, -0.15) is 5.10 Å². The van der Waals surface area contributed by atoms with Crippen molar-refractivity contribution in [1.29, 1.82) is 0 Å². The second-order valence-corrected chi connectivity index (χ2v) is 7.65. The summed E-state index contributed by atoms with van der Waals surface area (Å²) in [6.45, 7) is 6.06. The fourth-order valence-electron chi connectivity index (χ4n) is 3.88. The highest BCUT2D eigenvalue weighted by molar-refractivity contribution is 5.90. The summed E-state index contributed by atoms with van der Waals surface area (Å²) in [6, 6.07) is 7.61. The third-order valence-corrected chi connectivity index (χ3v) is 5.52. The summed E-state index contributed by atoms with van der Waals surface area (Å²) in [7, 11) is 0. The quantitative estimate of drug-likeness (QED) is 0.677. The average Bonchev–Trinajstić information content (AvgIpc) is 3.07. The minimum absolute atomic E-state index is 0.0415. The smallest absolute Gasteiger partial charge is 0.224 e. The van der Waals surface area contributed by atoms with E-state index in [1.165, 1.54) is 19.3 Å². The van der Waals surface area contributed by atoms with E-state index in [2.05, 4.69) is 30.5 Å². The maximum absolute atomic E-state index is 12.3. The lowest BCUT2D eigenvalue weighted by atomic mass is 10.1. The zero-order chi connectivity index (χ0) is 20.9. The molecule has 0 spiro atoms. The van der Waals surface area contributed by atoms with Gasteiger partial charge in [-0.1, -0.05) is 0 Å². The van der Waals surface area contributed by atoms with Gasteiger partial charge in [-0.05, 0) is 69.4 Å². The van der Waals surface area contributed by atoms with Gasteiger partial charge in [0.1, 0.15) is 0 Å².